The van der Waals surface area contributed by atoms with Crippen LogP contribution in [-0.2, 0) is 0 Å². The predicted octanol–water partition coefficient (Wildman–Crippen LogP) is 6.27. The van der Waals surface area contributed by atoms with Crippen molar-refractivity contribution in [2.75, 3.05) is 11.9 Å². The number of nitrogens with zero attached hydrogens (tertiary/aromatic N) is 2. The molecule has 4 rings (SSSR count). The molecule has 0 unspecified atom stereocenters. The van der Waals surface area contributed by atoms with Gasteiger partial charge in [0.1, 0.15) is 23.4 Å². The van der Waals surface area contributed by atoms with E-state index in [4.69, 9.17) is 20.8 Å². The van der Waals surface area contributed by atoms with E-state index in [0.717, 1.165) is 11.4 Å². The molecule has 0 aliphatic rings. The Morgan fingerprint density at radius 1 is 1.00 bits per heavy atom. The molecule has 5 nitrogen and oxygen atoms in total. The summed E-state index contributed by atoms with van der Waals surface area (Å²) >= 11 is 6.31. The molecule has 1 heterocycles. The number of benzene rings is 3. The number of hydrogen-bond donors (Lipinski definition) is 1. The summed E-state index contributed by atoms with van der Waals surface area (Å²) in [5.74, 6) is 0.214. The molecule has 0 saturated heterocycles. The lowest BCUT2D eigenvalue weighted by Gasteiger charge is -2.18. The topological polar surface area (TPSA) is 60.2 Å². The Morgan fingerprint density at radius 3 is 2.48 bits per heavy atom. The van der Waals surface area contributed by atoms with E-state index in [-0.39, 0.29) is 16.8 Å². The first-order valence-electron chi connectivity index (χ1n) is 9.57. The highest BCUT2D eigenvalue weighted by Gasteiger charge is 2.24. The van der Waals surface area contributed by atoms with E-state index in [1.54, 1.807) is 18.2 Å². The zero-order chi connectivity index (χ0) is 21.8. The van der Waals surface area contributed by atoms with E-state index in [2.05, 4.69) is 15.5 Å². The number of ether oxygens (including phenoxy) is 1. The second-order valence-corrected chi connectivity index (χ2v) is 7.06. The van der Waals surface area contributed by atoms with Gasteiger partial charge < -0.3 is 14.5 Å². The molecule has 0 aliphatic heterocycles. The summed E-state index contributed by atoms with van der Waals surface area (Å²) in [5, 5.41) is 11.7. The van der Waals surface area contributed by atoms with Crippen LogP contribution in [0.25, 0.3) is 11.5 Å². The van der Waals surface area contributed by atoms with Crippen molar-refractivity contribution < 1.29 is 17.9 Å². The Kier molecular flexibility index (Phi) is 6.13. The van der Waals surface area contributed by atoms with Crippen LogP contribution in [-0.4, -0.2) is 16.8 Å². The van der Waals surface area contributed by atoms with Crippen molar-refractivity contribution in [1.82, 2.24) is 10.2 Å². The van der Waals surface area contributed by atoms with Crippen LogP contribution in [0.4, 0.5) is 14.5 Å². The third kappa shape index (κ3) is 4.83. The average molecular weight is 442 g/mol. The molecule has 0 fully saturated rings. The van der Waals surface area contributed by atoms with Gasteiger partial charge in [-0.2, -0.15) is 0 Å². The highest BCUT2D eigenvalue weighted by molar-refractivity contribution is 6.31. The van der Waals surface area contributed by atoms with Crippen molar-refractivity contribution in [3.8, 4) is 17.2 Å². The largest absolute Gasteiger partial charge is 0.494 e. The van der Waals surface area contributed by atoms with E-state index in [0.29, 0.717) is 17.7 Å². The van der Waals surface area contributed by atoms with E-state index < -0.39 is 17.7 Å². The zero-order valence-corrected chi connectivity index (χ0v) is 17.2. The standard InChI is InChI=1S/C23H18ClF2N3O2/c1-2-30-18-9-7-17(8-10-18)27-21(19-11-6-16(26)13-20(19)24)23-29-28-22(31-23)14-4-3-5-15(25)12-14/h3-13,21,27H,2H2,1H3/t21-/m1/s1. The highest BCUT2D eigenvalue weighted by Crippen LogP contribution is 2.33. The molecule has 8 heteroatoms. The first kappa shape index (κ1) is 20.8. The molecule has 0 radical (unpaired) electrons. The quantitative estimate of drug-likeness (QED) is 0.366. The van der Waals surface area contributed by atoms with Gasteiger partial charge in [0.2, 0.25) is 11.8 Å². The molecule has 158 valence electrons. The van der Waals surface area contributed by atoms with E-state index >= 15 is 0 Å². The second-order valence-electron chi connectivity index (χ2n) is 6.66. The summed E-state index contributed by atoms with van der Waals surface area (Å²) in [5.41, 5.74) is 1.73. The van der Waals surface area contributed by atoms with Crippen LogP contribution in [0.15, 0.2) is 71.1 Å². The lowest BCUT2D eigenvalue weighted by atomic mass is 10.1. The Morgan fingerprint density at radius 2 is 1.77 bits per heavy atom. The number of aromatic nitrogens is 2. The monoisotopic (exact) mass is 441 g/mol. The Labute approximate surface area is 182 Å². The SMILES string of the molecule is CCOc1ccc(N[C@@H](c2nnc(-c3cccc(F)c3)o2)c2ccc(F)cc2Cl)cc1. The second kappa shape index (κ2) is 9.14. The molecule has 0 saturated carbocycles. The van der Waals surface area contributed by atoms with Crippen LogP contribution in [0.1, 0.15) is 24.4 Å². The summed E-state index contributed by atoms with van der Waals surface area (Å²) < 4.78 is 38.5. The summed E-state index contributed by atoms with van der Waals surface area (Å²) in [6, 6.07) is 16.6. The molecule has 4 aromatic rings. The average Bonchev–Trinajstić information content (AvgIpc) is 3.24. The lowest BCUT2D eigenvalue weighted by molar-refractivity contribution is 0.340. The van der Waals surface area contributed by atoms with Gasteiger partial charge in [-0.1, -0.05) is 23.7 Å². The molecular weight excluding hydrogens is 424 g/mol. The fraction of sp³-hybridized carbons (Fsp3) is 0.130. The highest BCUT2D eigenvalue weighted by atomic mass is 35.5. The third-order valence-electron chi connectivity index (χ3n) is 4.51. The van der Waals surface area contributed by atoms with Gasteiger partial charge in [0.05, 0.1) is 6.61 Å². The Hall–Kier alpha value is -3.45. The lowest BCUT2D eigenvalue weighted by Crippen LogP contribution is -2.13. The molecule has 31 heavy (non-hydrogen) atoms. The van der Waals surface area contributed by atoms with Gasteiger partial charge >= 0.3 is 0 Å². The number of anilines is 1. The molecule has 3 aromatic carbocycles. The van der Waals surface area contributed by atoms with Crippen LogP contribution < -0.4 is 10.1 Å². The van der Waals surface area contributed by atoms with Gasteiger partial charge in [0.25, 0.3) is 0 Å². The molecule has 0 spiro atoms. The molecule has 0 bridgehead atoms. The molecule has 0 aliphatic carbocycles. The molecule has 1 atom stereocenters. The normalized spacial score (nSPS) is 11.9. The number of hydrogen-bond acceptors (Lipinski definition) is 5. The summed E-state index contributed by atoms with van der Waals surface area (Å²) in [6.07, 6.45) is 0. The zero-order valence-electron chi connectivity index (χ0n) is 16.5. The third-order valence-corrected chi connectivity index (χ3v) is 4.84. The minimum atomic E-state index is -0.666. The maximum Gasteiger partial charge on any atom is 0.247 e. The van der Waals surface area contributed by atoms with Crippen LogP contribution in [0.3, 0.4) is 0 Å². The van der Waals surface area contributed by atoms with E-state index in [1.165, 1.54) is 24.3 Å². The van der Waals surface area contributed by atoms with Gasteiger partial charge in [-0.25, -0.2) is 8.78 Å². The minimum absolute atomic E-state index is 0.159. The summed E-state index contributed by atoms with van der Waals surface area (Å²) in [6.45, 7) is 2.47. The van der Waals surface area contributed by atoms with Gasteiger partial charge in [0, 0.05) is 21.8 Å². The van der Waals surface area contributed by atoms with Gasteiger partial charge in [-0.3, -0.25) is 0 Å². The van der Waals surface area contributed by atoms with Gasteiger partial charge in [-0.05, 0) is 61.5 Å². The van der Waals surface area contributed by atoms with Crippen molar-refractivity contribution in [3.63, 3.8) is 0 Å². The van der Waals surface area contributed by atoms with Crippen molar-refractivity contribution in [1.29, 1.82) is 0 Å². The van der Waals surface area contributed by atoms with Crippen molar-refractivity contribution in [3.05, 3.63) is 94.8 Å². The maximum absolute atomic E-state index is 13.6. The van der Waals surface area contributed by atoms with Gasteiger partial charge in [0.15, 0.2) is 0 Å². The fourth-order valence-electron chi connectivity index (χ4n) is 3.08. The summed E-state index contributed by atoms with van der Waals surface area (Å²) in [4.78, 5) is 0. The maximum atomic E-state index is 13.6. The first-order chi connectivity index (χ1) is 15.0. The number of nitrogens with one attached hydrogen (secondary N) is 1. The molecule has 1 aromatic heterocycles. The van der Waals surface area contributed by atoms with E-state index in [1.807, 2.05) is 31.2 Å². The van der Waals surface area contributed by atoms with Crippen LogP contribution in [0.5, 0.6) is 5.75 Å². The Bertz CT molecular complexity index is 1180. The first-order valence-corrected chi connectivity index (χ1v) is 9.95. The number of halogens is 3. The van der Waals surface area contributed by atoms with Gasteiger partial charge in [-0.15, -0.1) is 10.2 Å². The number of rotatable bonds is 7. The van der Waals surface area contributed by atoms with Crippen molar-refractivity contribution in [2.45, 2.75) is 13.0 Å². The van der Waals surface area contributed by atoms with Crippen molar-refractivity contribution in [2.24, 2.45) is 0 Å². The molecular formula is C23H18ClF2N3O2. The molecule has 1 N–H and O–H groups in total. The smallest absolute Gasteiger partial charge is 0.247 e. The van der Waals surface area contributed by atoms with E-state index in [9.17, 15) is 8.78 Å². The van der Waals surface area contributed by atoms with Crippen molar-refractivity contribution >= 4 is 17.3 Å². The minimum Gasteiger partial charge on any atom is -0.494 e. The summed E-state index contributed by atoms with van der Waals surface area (Å²) in [7, 11) is 0. The van der Waals surface area contributed by atoms with Crippen LogP contribution >= 0.6 is 11.6 Å². The van der Waals surface area contributed by atoms with Crippen LogP contribution in [0, 0.1) is 11.6 Å². The Balaban J connectivity index is 1.70. The molecule has 0 amide bonds. The predicted molar refractivity (Wildman–Crippen MR) is 114 cm³/mol. The fourth-order valence-corrected chi connectivity index (χ4v) is 3.35. The van der Waals surface area contributed by atoms with Crippen LogP contribution in [0.2, 0.25) is 5.02 Å².